The lowest BCUT2D eigenvalue weighted by molar-refractivity contribution is 0.0902. The average molecular weight is 425 g/mol. The molecule has 0 aliphatic carbocycles. The van der Waals surface area contributed by atoms with Gasteiger partial charge in [-0.25, -0.2) is 0 Å². The van der Waals surface area contributed by atoms with Crippen molar-refractivity contribution < 1.29 is 9.53 Å². The lowest BCUT2D eigenvalue weighted by Crippen LogP contribution is -2.46. The molecule has 6 heteroatoms. The van der Waals surface area contributed by atoms with E-state index in [-0.39, 0.29) is 11.9 Å². The number of aryl methyl sites for hydroxylation is 1. The lowest BCUT2D eigenvalue weighted by Gasteiger charge is -2.33. The quantitative estimate of drug-likeness (QED) is 0.772. The van der Waals surface area contributed by atoms with Crippen LogP contribution in [0.15, 0.2) is 12.1 Å². The third kappa shape index (κ3) is 4.60. The summed E-state index contributed by atoms with van der Waals surface area (Å²) < 4.78 is 5.86. The number of nitrogens with one attached hydrogen (secondary N) is 2. The Balaban J connectivity index is 1.13. The summed E-state index contributed by atoms with van der Waals surface area (Å²) in [5.74, 6) is 0.964. The monoisotopic (exact) mass is 424 g/mol. The number of amides is 1. The third-order valence-corrected chi connectivity index (χ3v) is 7.40. The minimum absolute atomic E-state index is 0.00335. The maximum atomic E-state index is 12.9. The van der Waals surface area contributed by atoms with Crippen LogP contribution in [0.5, 0.6) is 5.75 Å². The number of hydrogen-bond acceptors (Lipinski definition) is 4. The first-order chi connectivity index (χ1) is 15.2. The minimum Gasteiger partial charge on any atom is -0.492 e. The zero-order chi connectivity index (χ0) is 21.2. The Morgan fingerprint density at radius 1 is 1.06 bits per heavy atom. The molecule has 4 heterocycles. The van der Waals surface area contributed by atoms with Gasteiger partial charge in [-0.05, 0) is 63.4 Å². The van der Waals surface area contributed by atoms with Crippen molar-refractivity contribution in [3.8, 4) is 5.75 Å². The molecule has 3 aliphatic rings. The summed E-state index contributed by atoms with van der Waals surface area (Å²) in [6.45, 7) is 9.89. The van der Waals surface area contributed by atoms with Gasteiger partial charge in [0.15, 0.2) is 0 Å². The van der Waals surface area contributed by atoms with E-state index >= 15 is 0 Å². The van der Waals surface area contributed by atoms with Crippen molar-refractivity contribution in [3.05, 3.63) is 29.0 Å². The highest BCUT2D eigenvalue weighted by Gasteiger charge is 2.24. The molecule has 2 N–H and O–H groups in total. The van der Waals surface area contributed by atoms with Gasteiger partial charge in [-0.1, -0.05) is 12.8 Å². The first-order valence-corrected chi connectivity index (χ1v) is 12.2. The highest BCUT2D eigenvalue weighted by Crippen LogP contribution is 2.37. The van der Waals surface area contributed by atoms with Gasteiger partial charge in [0.05, 0.1) is 12.1 Å². The third-order valence-electron chi connectivity index (χ3n) is 7.40. The van der Waals surface area contributed by atoms with Crippen LogP contribution in [0.25, 0.3) is 10.9 Å². The van der Waals surface area contributed by atoms with Crippen molar-refractivity contribution in [1.82, 2.24) is 20.1 Å². The van der Waals surface area contributed by atoms with Crippen molar-refractivity contribution >= 4 is 16.8 Å². The molecule has 0 atom stereocenters. The smallest absolute Gasteiger partial charge is 0.267 e. The van der Waals surface area contributed by atoms with Crippen LogP contribution in [-0.2, 0) is 6.42 Å². The van der Waals surface area contributed by atoms with E-state index in [1.54, 1.807) is 0 Å². The van der Waals surface area contributed by atoms with E-state index < -0.39 is 0 Å². The molecule has 0 radical (unpaired) electrons. The summed E-state index contributed by atoms with van der Waals surface area (Å²) in [5.41, 5.74) is 4.15. The number of benzene rings is 1. The predicted octanol–water partition coefficient (Wildman–Crippen LogP) is 3.48. The number of aromatic amines is 1. The number of aromatic nitrogens is 1. The van der Waals surface area contributed by atoms with E-state index in [2.05, 4.69) is 33.1 Å². The Bertz CT molecular complexity index is 921. The molecule has 0 unspecified atom stereocenters. The van der Waals surface area contributed by atoms with E-state index in [1.165, 1.54) is 56.4 Å². The Hall–Kier alpha value is -2.05. The molecule has 5 rings (SSSR count). The summed E-state index contributed by atoms with van der Waals surface area (Å²) in [7, 11) is 0. The van der Waals surface area contributed by atoms with Crippen LogP contribution in [0, 0.1) is 6.92 Å². The summed E-state index contributed by atoms with van der Waals surface area (Å²) in [5, 5.41) is 4.30. The molecule has 2 aromatic rings. The van der Waals surface area contributed by atoms with E-state index in [0.29, 0.717) is 5.69 Å². The Morgan fingerprint density at radius 2 is 1.77 bits per heavy atom. The molecule has 2 fully saturated rings. The normalized spacial score (nSPS) is 21.1. The molecule has 1 aromatic carbocycles. The molecular formula is C25H36N4O2. The van der Waals surface area contributed by atoms with Gasteiger partial charge >= 0.3 is 0 Å². The fourth-order valence-electron chi connectivity index (χ4n) is 5.48. The van der Waals surface area contributed by atoms with Crippen molar-refractivity contribution in [2.24, 2.45) is 0 Å². The first-order valence-electron chi connectivity index (χ1n) is 12.2. The summed E-state index contributed by atoms with van der Waals surface area (Å²) in [6, 6.07) is 4.37. The van der Waals surface area contributed by atoms with Crippen molar-refractivity contribution in [3.63, 3.8) is 0 Å². The number of H-pyrrole nitrogens is 1. The van der Waals surface area contributed by atoms with Crippen LogP contribution in [0.4, 0.5) is 0 Å². The second-order valence-electron chi connectivity index (χ2n) is 9.59. The second kappa shape index (κ2) is 9.21. The number of ether oxygens (including phenoxy) is 1. The van der Waals surface area contributed by atoms with Crippen LogP contribution in [0.3, 0.4) is 0 Å². The summed E-state index contributed by atoms with van der Waals surface area (Å²) in [6.07, 6.45) is 8.53. The number of hydrogen-bond donors (Lipinski definition) is 2. The molecule has 3 aliphatic heterocycles. The maximum absolute atomic E-state index is 12.9. The molecular weight excluding hydrogens is 388 g/mol. The van der Waals surface area contributed by atoms with E-state index in [9.17, 15) is 4.79 Å². The van der Waals surface area contributed by atoms with E-state index in [0.717, 1.165) is 62.2 Å². The summed E-state index contributed by atoms with van der Waals surface area (Å²) >= 11 is 0. The van der Waals surface area contributed by atoms with Crippen LogP contribution in [0.2, 0.25) is 0 Å². The van der Waals surface area contributed by atoms with Crippen LogP contribution < -0.4 is 10.1 Å². The Labute approximate surface area is 185 Å². The highest BCUT2D eigenvalue weighted by molar-refractivity contribution is 6.00. The maximum Gasteiger partial charge on any atom is 0.267 e. The Morgan fingerprint density at radius 3 is 2.52 bits per heavy atom. The van der Waals surface area contributed by atoms with Crippen LogP contribution in [-0.4, -0.2) is 72.6 Å². The average Bonchev–Trinajstić information content (AvgIpc) is 3.35. The highest BCUT2D eigenvalue weighted by atomic mass is 16.5. The van der Waals surface area contributed by atoms with Crippen molar-refractivity contribution in [2.45, 2.75) is 57.9 Å². The fourth-order valence-corrected chi connectivity index (χ4v) is 5.48. The molecule has 168 valence electrons. The molecule has 1 aromatic heterocycles. The first kappa shape index (κ1) is 20.8. The largest absolute Gasteiger partial charge is 0.492 e. The summed E-state index contributed by atoms with van der Waals surface area (Å²) in [4.78, 5) is 21.4. The van der Waals surface area contributed by atoms with Gasteiger partial charge in [0.2, 0.25) is 0 Å². The van der Waals surface area contributed by atoms with E-state index in [4.69, 9.17) is 4.74 Å². The molecule has 0 saturated carbocycles. The van der Waals surface area contributed by atoms with Crippen LogP contribution in [0.1, 0.15) is 60.1 Å². The SMILES string of the molecule is Cc1cc2[nH]c(C(=O)NC3CCN(CCN4CCCCCC4)CC3)cc2c2c1CCO2. The Kier molecular flexibility index (Phi) is 6.19. The van der Waals surface area contributed by atoms with E-state index in [1.807, 2.05) is 6.07 Å². The zero-order valence-electron chi connectivity index (χ0n) is 18.8. The van der Waals surface area contributed by atoms with Gasteiger partial charge in [0.25, 0.3) is 5.91 Å². The predicted molar refractivity (Wildman–Crippen MR) is 124 cm³/mol. The van der Waals surface area contributed by atoms with Crippen LogP contribution >= 0.6 is 0 Å². The number of carbonyl (C=O) groups is 1. The van der Waals surface area contributed by atoms with Gasteiger partial charge in [-0.2, -0.15) is 0 Å². The number of piperidine rings is 1. The zero-order valence-corrected chi connectivity index (χ0v) is 18.8. The lowest BCUT2D eigenvalue weighted by atomic mass is 10.0. The standard InChI is InChI=1S/C25H36N4O2/c1-18-16-22-21(24-20(18)8-15-31-24)17-23(27-22)25(30)26-19-6-11-29(12-7-19)14-13-28-9-4-2-3-5-10-28/h16-17,19,27H,2-15H2,1H3,(H,26,30). The molecule has 2 saturated heterocycles. The molecule has 0 bridgehead atoms. The van der Waals surface area contributed by atoms with Gasteiger partial charge in [0, 0.05) is 49.6 Å². The minimum atomic E-state index is 0.00335. The van der Waals surface area contributed by atoms with Gasteiger partial charge in [0.1, 0.15) is 11.4 Å². The number of fused-ring (bicyclic) bond motifs is 3. The number of rotatable bonds is 5. The number of nitrogens with zero attached hydrogens (tertiary/aromatic N) is 2. The molecule has 6 nitrogen and oxygen atoms in total. The van der Waals surface area contributed by atoms with Gasteiger partial charge < -0.3 is 24.8 Å². The second-order valence-corrected chi connectivity index (χ2v) is 9.59. The van der Waals surface area contributed by atoms with Gasteiger partial charge in [-0.3, -0.25) is 4.79 Å². The fraction of sp³-hybridized carbons (Fsp3) is 0.640. The van der Waals surface area contributed by atoms with Crippen molar-refractivity contribution in [1.29, 1.82) is 0 Å². The molecule has 31 heavy (non-hydrogen) atoms. The molecule has 1 amide bonds. The topological polar surface area (TPSA) is 60.6 Å². The van der Waals surface area contributed by atoms with Gasteiger partial charge in [-0.15, -0.1) is 0 Å². The molecule has 0 spiro atoms. The number of carbonyl (C=O) groups excluding carboxylic acids is 1. The number of likely N-dealkylation sites (tertiary alicyclic amines) is 2. The van der Waals surface area contributed by atoms with Crippen molar-refractivity contribution in [2.75, 3.05) is 45.9 Å².